The lowest BCUT2D eigenvalue weighted by Gasteiger charge is -2.36. The van der Waals surface area contributed by atoms with Crippen molar-refractivity contribution in [1.82, 2.24) is 20.5 Å². The highest BCUT2D eigenvalue weighted by Gasteiger charge is 2.34. The summed E-state index contributed by atoms with van der Waals surface area (Å²) in [7, 11) is 0. The zero-order valence-corrected chi connectivity index (χ0v) is 20.1. The van der Waals surface area contributed by atoms with E-state index in [4.69, 9.17) is 4.74 Å². The number of hydrogen-bond donors (Lipinski definition) is 2. The Kier molecular flexibility index (Phi) is 7.80. The normalized spacial score (nSPS) is 17.4. The predicted molar refractivity (Wildman–Crippen MR) is 128 cm³/mol. The summed E-state index contributed by atoms with van der Waals surface area (Å²) in [5, 5.41) is 5.08. The first kappa shape index (κ1) is 25.8. The number of pyridine rings is 1. The minimum Gasteiger partial charge on any atom is -0.442 e. The Labute approximate surface area is 211 Å². The van der Waals surface area contributed by atoms with Gasteiger partial charge in [0.25, 0.3) is 5.91 Å². The molecule has 4 amide bonds. The van der Waals surface area contributed by atoms with Crippen LogP contribution in [0.4, 0.5) is 25.0 Å². The van der Waals surface area contributed by atoms with Crippen molar-refractivity contribution in [2.24, 2.45) is 0 Å². The molecule has 0 aliphatic carbocycles. The topological polar surface area (TPSA) is 124 Å². The molecule has 1 atom stereocenters. The fourth-order valence-corrected chi connectivity index (χ4v) is 4.15. The average Bonchev–Trinajstić information content (AvgIpc) is 3.26. The van der Waals surface area contributed by atoms with Crippen LogP contribution >= 0.6 is 0 Å². The van der Waals surface area contributed by atoms with Gasteiger partial charge in [-0.3, -0.25) is 24.3 Å². The summed E-state index contributed by atoms with van der Waals surface area (Å²) in [6.45, 7) is 2.04. The van der Waals surface area contributed by atoms with Crippen LogP contribution in [0.15, 0.2) is 36.7 Å². The Morgan fingerprint density at radius 2 is 1.81 bits per heavy atom. The van der Waals surface area contributed by atoms with Gasteiger partial charge in [0, 0.05) is 57.6 Å². The van der Waals surface area contributed by atoms with Crippen LogP contribution < -0.4 is 20.4 Å². The molecule has 1 aromatic carbocycles. The lowest BCUT2D eigenvalue weighted by Crippen LogP contribution is -2.51. The number of aromatic nitrogens is 1. The van der Waals surface area contributed by atoms with Crippen LogP contribution in [-0.2, 0) is 14.3 Å². The van der Waals surface area contributed by atoms with Gasteiger partial charge in [-0.15, -0.1) is 0 Å². The Balaban J connectivity index is 1.33. The number of piperazine rings is 1. The SMILES string of the molecule is CC(=O)NCC1CN(c2cc(F)c(N3CCN(C(=O)CNC(=O)c4cccnc4)CC3)c(F)c2)C(=O)O1. The van der Waals surface area contributed by atoms with E-state index in [1.54, 1.807) is 12.1 Å². The molecule has 2 N–H and O–H groups in total. The number of anilines is 2. The zero-order chi connectivity index (χ0) is 26.5. The maximum absolute atomic E-state index is 15.0. The van der Waals surface area contributed by atoms with Crippen LogP contribution in [0.1, 0.15) is 17.3 Å². The number of cyclic esters (lactones) is 1. The van der Waals surface area contributed by atoms with Gasteiger partial charge in [0.15, 0.2) is 11.6 Å². The summed E-state index contributed by atoms with van der Waals surface area (Å²) < 4.78 is 35.2. The molecular weight excluding hydrogens is 490 g/mol. The second-order valence-electron chi connectivity index (χ2n) is 8.60. The second-order valence-corrected chi connectivity index (χ2v) is 8.60. The van der Waals surface area contributed by atoms with E-state index >= 15 is 8.78 Å². The lowest BCUT2D eigenvalue weighted by atomic mass is 10.2. The molecule has 3 heterocycles. The number of benzene rings is 1. The summed E-state index contributed by atoms with van der Waals surface area (Å²) in [6.07, 6.45) is 1.53. The van der Waals surface area contributed by atoms with E-state index in [0.29, 0.717) is 5.56 Å². The predicted octanol–water partition coefficient (Wildman–Crippen LogP) is 0.900. The molecule has 0 radical (unpaired) electrons. The Bertz CT molecular complexity index is 1170. The minimum absolute atomic E-state index is 0.00671. The number of nitrogens with zero attached hydrogens (tertiary/aromatic N) is 4. The van der Waals surface area contributed by atoms with Crippen molar-refractivity contribution in [2.75, 3.05) is 55.6 Å². The van der Waals surface area contributed by atoms with Crippen LogP contribution in [0.3, 0.4) is 0 Å². The highest BCUT2D eigenvalue weighted by atomic mass is 19.1. The van der Waals surface area contributed by atoms with Gasteiger partial charge in [-0.1, -0.05) is 0 Å². The van der Waals surface area contributed by atoms with E-state index in [0.717, 1.165) is 17.0 Å². The maximum atomic E-state index is 15.0. The van der Waals surface area contributed by atoms with Crippen molar-refractivity contribution in [3.05, 3.63) is 53.9 Å². The number of ether oxygens (including phenoxy) is 1. The van der Waals surface area contributed by atoms with Crippen LogP contribution in [0.5, 0.6) is 0 Å². The molecule has 196 valence electrons. The molecule has 2 aliphatic rings. The number of halogens is 2. The minimum atomic E-state index is -0.850. The fraction of sp³-hybridized carbons (Fsp3) is 0.375. The van der Waals surface area contributed by atoms with Crippen molar-refractivity contribution >= 4 is 35.2 Å². The molecule has 2 aromatic rings. The highest BCUT2D eigenvalue weighted by molar-refractivity contribution is 5.96. The van der Waals surface area contributed by atoms with E-state index in [9.17, 15) is 19.2 Å². The van der Waals surface area contributed by atoms with E-state index in [1.807, 2.05) is 0 Å². The van der Waals surface area contributed by atoms with E-state index in [2.05, 4.69) is 15.6 Å². The van der Waals surface area contributed by atoms with Crippen molar-refractivity contribution in [2.45, 2.75) is 13.0 Å². The highest BCUT2D eigenvalue weighted by Crippen LogP contribution is 2.31. The standard InChI is InChI=1S/C24H26F2N6O5/c1-15(33)28-12-18-14-32(24(36)37-18)17-9-19(25)22(20(26)10-17)31-7-5-30(6-8-31)21(34)13-29-23(35)16-3-2-4-27-11-16/h2-4,9-11,18H,5-8,12-14H2,1H3,(H,28,33)(H,29,35). The van der Waals surface area contributed by atoms with Crippen LogP contribution in [-0.4, -0.2) is 85.6 Å². The monoisotopic (exact) mass is 516 g/mol. The quantitative estimate of drug-likeness (QED) is 0.560. The largest absolute Gasteiger partial charge is 0.442 e. The Morgan fingerprint density at radius 3 is 2.43 bits per heavy atom. The average molecular weight is 517 g/mol. The molecule has 2 aliphatic heterocycles. The zero-order valence-electron chi connectivity index (χ0n) is 20.1. The van der Waals surface area contributed by atoms with Crippen LogP contribution in [0.2, 0.25) is 0 Å². The third-order valence-corrected chi connectivity index (χ3v) is 6.04. The summed E-state index contributed by atoms with van der Waals surface area (Å²) in [4.78, 5) is 55.8. The molecule has 13 heteroatoms. The van der Waals surface area contributed by atoms with Gasteiger partial charge in [0.05, 0.1) is 30.9 Å². The van der Waals surface area contributed by atoms with Gasteiger partial charge in [-0.2, -0.15) is 0 Å². The molecular formula is C24H26F2N6O5. The van der Waals surface area contributed by atoms with E-state index < -0.39 is 29.7 Å². The third kappa shape index (κ3) is 6.11. The first-order valence-electron chi connectivity index (χ1n) is 11.7. The van der Waals surface area contributed by atoms with Gasteiger partial charge < -0.3 is 25.2 Å². The third-order valence-electron chi connectivity index (χ3n) is 6.04. The van der Waals surface area contributed by atoms with Crippen LogP contribution in [0, 0.1) is 11.6 Å². The van der Waals surface area contributed by atoms with E-state index in [1.165, 1.54) is 29.1 Å². The summed E-state index contributed by atoms with van der Waals surface area (Å²) in [5.41, 5.74) is 0.0929. The van der Waals surface area contributed by atoms with Crippen molar-refractivity contribution in [3.63, 3.8) is 0 Å². The van der Waals surface area contributed by atoms with Crippen molar-refractivity contribution in [1.29, 1.82) is 0 Å². The molecule has 11 nitrogen and oxygen atoms in total. The molecule has 1 aromatic heterocycles. The first-order chi connectivity index (χ1) is 17.7. The molecule has 0 bridgehead atoms. The van der Waals surface area contributed by atoms with Crippen LogP contribution in [0.25, 0.3) is 0 Å². The van der Waals surface area contributed by atoms with Gasteiger partial charge in [0.2, 0.25) is 11.8 Å². The molecule has 2 saturated heterocycles. The Morgan fingerprint density at radius 1 is 1.11 bits per heavy atom. The van der Waals surface area contributed by atoms with Gasteiger partial charge >= 0.3 is 6.09 Å². The van der Waals surface area contributed by atoms with E-state index in [-0.39, 0.29) is 69.0 Å². The maximum Gasteiger partial charge on any atom is 0.414 e. The summed E-state index contributed by atoms with van der Waals surface area (Å²) in [6, 6.07) is 5.32. The number of hydrogen-bond acceptors (Lipinski definition) is 7. The smallest absolute Gasteiger partial charge is 0.414 e. The first-order valence-corrected chi connectivity index (χ1v) is 11.7. The number of rotatable bonds is 7. The number of amides is 4. The van der Waals surface area contributed by atoms with Gasteiger partial charge in [-0.25, -0.2) is 13.6 Å². The number of carbonyl (C=O) groups is 4. The summed E-state index contributed by atoms with van der Waals surface area (Å²) >= 11 is 0. The molecule has 37 heavy (non-hydrogen) atoms. The van der Waals surface area contributed by atoms with Gasteiger partial charge in [-0.05, 0) is 12.1 Å². The van der Waals surface area contributed by atoms with Crippen molar-refractivity contribution in [3.8, 4) is 0 Å². The number of carbonyl (C=O) groups excluding carboxylic acids is 4. The molecule has 2 fully saturated rings. The molecule has 1 unspecified atom stereocenters. The molecule has 0 spiro atoms. The second kappa shape index (κ2) is 11.2. The van der Waals surface area contributed by atoms with Crippen molar-refractivity contribution < 1.29 is 32.7 Å². The fourth-order valence-electron chi connectivity index (χ4n) is 4.15. The lowest BCUT2D eigenvalue weighted by molar-refractivity contribution is -0.130. The molecule has 4 rings (SSSR count). The summed E-state index contributed by atoms with van der Waals surface area (Å²) in [5.74, 6) is -2.72. The molecule has 0 saturated carbocycles. The van der Waals surface area contributed by atoms with Gasteiger partial charge in [0.1, 0.15) is 11.8 Å². The number of nitrogens with one attached hydrogen (secondary N) is 2. The Hall–Kier alpha value is -4.29.